The number of halogens is 1. The lowest BCUT2D eigenvalue weighted by Crippen LogP contribution is -2.67. The molecule has 4 fully saturated rings. The largest absolute Gasteiger partial charge is 0.459 e. The van der Waals surface area contributed by atoms with Gasteiger partial charge < -0.3 is 40.7 Å². The van der Waals surface area contributed by atoms with Crippen molar-refractivity contribution in [1.29, 1.82) is 0 Å². The number of carbonyl (C=O) groups is 3. The Kier molecular flexibility index (Phi) is 15.2. The van der Waals surface area contributed by atoms with Gasteiger partial charge in [-0.3, -0.25) is 19.3 Å². The summed E-state index contributed by atoms with van der Waals surface area (Å²) in [6.07, 6.45) is 3.84. The Morgan fingerprint density at radius 1 is 0.934 bits per heavy atom. The first-order valence-corrected chi connectivity index (χ1v) is 23.3. The Bertz CT molecular complexity index is 1650. The monoisotopic (exact) mass is 863 g/mol. The first-order chi connectivity index (χ1) is 28.3. The number of alkyl halides is 1. The number of aliphatic hydroxyl groups is 6. The number of unbranched alkanes of at least 4 members (excludes halogenated alkanes) is 3. The SMILES string of the molecule is CC[C@H]1OC(=O)[C@H](C)[C@@H](O)[C@H](C)[C@@H](O)[C@](C)(O)C[C@@H](C)CN(CCCCCCNC(=O)[C@H]2[C@H](C)CC3C4CCC5=CC(=O)C=C[C@]5(C)[C@@]4(F)[C@@H](O)C[C@@]32C)[C@H](C)[C@@H](O)[C@]1(C)O. The van der Waals surface area contributed by atoms with Crippen molar-refractivity contribution in [3.8, 4) is 0 Å². The van der Waals surface area contributed by atoms with Gasteiger partial charge in [0, 0.05) is 42.3 Å². The van der Waals surface area contributed by atoms with Gasteiger partial charge in [0.15, 0.2) is 11.5 Å². The first kappa shape index (κ1) is 49.8. The number of nitrogens with one attached hydrogen (secondary N) is 1. The van der Waals surface area contributed by atoms with E-state index in [1.54, 1.807) is 26.0 Å². The van der Waals surface area contributed by atoms with E-state index in [-0.39, 0.29) is 54.6 Å². The highest BCUT2D eigenvalue weighted by Gasteiger charge is 2.71. The van der Waals surface area contributed by atoms with Gasteiger partial charge in [0.1, 0.15) is 17.8 Å². The second-order valence-corrected chi connectivity index (χ2v) is 21.2. The van der Waals surface area contributed by atoms with Crippen LogP contribution in [-0.2, 0) is 19.1 Å². The predicted octanol–water partition coefficient (Wildman–Crippen LogP) is 4.81. The van der Waals surface area contributed by atoms with Crippen molar-refractivity contribution in [2.75, 3.05) is 19.6 Å². The fourth-order valence-corrected chi connectivity index (χ4v) is 13.1. The van der Waals surface area contributed by atoms with Gasteiger partial charge in [-0.15, -0.1) is 0 Å². The van der Waals surface area contributed by atoms with Gasteiger partial charge in [-0.1, -0.05) is 59.1 Å². The summed E-state index contributed by atoms with van der Waals surface area (Å²) in [6, 6.07) is -0.579. The molecule has 3 saturated carbocycles. The summed E-state index contributed by atoms with van der Waals surface area (Å²) < 4.78 is 23.2. The maximum absolute atomic E-state index is 17.5. The van der Waals surface area contributed by atoms with Crippen molar-refractivity contribution in [3.05, 3.63) is 23.8 Å². The highest BCUT2D eigenvalue weighted by Crippen LogP contribution is 2.69. The van der Waals surface area contributed by atoms with Crippen molar-refractivity contribution >= 4 is 17.7 Å². The van der Waals surface area contributed by atoms with Crippen molar-refractivity contribution < 1.29 is 54.2 Å². The predicted molar refractivity (Wildman–Crippen MR) is 230 cm³/mol. The minimum atomic E-state index is -1.92. The number of cyclic esters (lactones) is 1. The van der Waals surface area contributed by atoms with Gasteiger partial charge >= 0.3 is 5.97 Å². The van der Waals surface area contributed by atoms with Crippen molar-refractivity contribution in [2.45, 2.75) is 187 Å². The molecule has 0 radical (unpaired) electrons. The van der Waals surface area contributed by atoms with Crippen LogP contribution in [0.3, 0.4) is 0 Å². The molecule has 348 valence electrons. The summed E-state index contributed by atoms with van der Waals surface area (Å²) >= 11 is 0. The first-order valence-electron chi connectivity index (χ1n) is 23.3. The van der Waals surface area contributed by atoms with Gasteiger partial charge in [0.2, 0.25) is 5.91 Å². The van der Waals surface area contributed by atoms with E-state index < -0.39 is 88.0 Å². The summed E-state index contributed by atoms with van der Waals surface area (Å²) in [6.45, 7) is 19.0. The molecule has 12 nitrogen and oxygen atoms in total. The number of fused-ring (bicyclic) bond motifs is 5. The summed E-state index contributed by atoms with van der Waals surface area (Å²) in [7, 11) is 0. The number of esters is 1. The number of nitrogens with zero attached hydrogens (tertiary/aromatic N) is 1. The Balaban J connectivity index is 1.19. The lowest BCUT2D eigenvalue weighted by Gasteiger charge is -2.61. The van der Waals surface area contributed by atoms with E-state index in [0.717, 1.165) is 31.3 Å². The Morgan fingerprint density at radius 2 is 1.59 bits per heavy atom. The molecular weight excluding hydrogens is 784 g/mol. The average molecular weight is 863 g/mol. The van der Waals surface area contributed by atoms with E-state index in [0.29, 0.717) is 38.9 Å². The molecule has 1 amide bonds. The van der Waals surface area contributed by atoms with Gasteiger partial charge in [0.05, 0.1) is 29.8 Å². The van der Waals surface area contributed by atoms with E-state index in [1.807, 2.05) is 20.8 Å². The highest BCUT2D eigenvalue weighted by molar-refractivity contribution is 6.01. The molecule has 1 saturated heterocycles. The zero-order valence-corrected chi connectivity index (χ0v) is 38.6. The second kappa shape index (κ2) is 18.7. The Labute approximate surface area is 363 Å². The third-order valence-electron chi connectivity index (χ3n) is 16.7. The molecule has 7 N–H and O–H groups in total. The Morgan fingerprint density at radius 3 is 2.25 bits per heavy atom. The van der Waals surface area contributed by atoms with Crippen LogP contribution in [0, 0.1) is 52.3 Å². The van der Waals surface area contributed by atoms with Crippen molar-refractivity contribution in [3.63, 3.8) is 0 Å². The van der Waals surface area contributed by atoms with Crippen LogP contribution in [0.25, 0.3) is 0 Å². The molecule has 13 heteroatoms. The van der Waals surface area contributed by atoms with E-state index in [2.05, 4.69) is 24.1 Å². The number of rotatable bonds is 9. The van der Waals surface area contributed by atoms with E-state index in [9.17, 15) is 45.0 Å². The van der Waals surface area contributed by atoms with Gasteiger partial charge in [-0.2, -0.15) is 0 Å². The standard InChI is InChI=1S/C48H79FN2O10/c1-11-37-47(10,60)41(56)31(6)51(26-27(2)24-46(9,59)40(55)29(4)39(54)30(5)43(58)61-37)21-15-13-12-14-20-50-42(57)38-28(3)22-35-34-17-16-32-23-33(52)18-19-45(32,8)48(34,49)36(53)25-44(35,38)7/h18-19,23,27-31,34-41,53-56,59-60H,11-17,20-22,24-26H2,1-10H3,(H,50,57)/t27-,28-,29+,30-,31-,34?,35?,36+,37-,38-,39+,40-,41-,44+,45+,46-,47-,48+/m1/s1. The summed E-state index contributed by atoms with van der Waals surface area (Å²) in [5, 5.41) is 72.0. The minimum Gasteiger partial charge on any atom is -0.459 e. The topological polar surface area (TPSA) is 197 Å². The second-order valence-electron chi connectivity index (χ2n) is 21.2. The molecule has 0 spiro atoms. The molecule has 5 rings (SSSR count). The normalized spacial score (nSPS) is 47.6. The number of hydrogen-bond donors (Lipinski definition) is 7. The Hall–Kier alpha value is -2.26. The third kappa shape index (κ3) is 9.19. The van der Waals surface area contributed by atoms with Crippen LogP contribution in [-0.4, -0.2) is 126 Å². The van der Waals surface area contributed by atoms with Crippen LogP contribution in [0.1, 0.15) is 133 Å². The molecule has 0 bridgehead atoms. The van der Waals surface area contributed by atoms with Crippen molar-refractivity contribution in [2.24, 2.45) is 52.3 Å². The third-order valence-corrected chi connectivity index (χ3v) is 16.7. The summed E-state index contributed by atoms with van der Waals surface area (Å²) in [5.74, 6) is -3.91. The molecule has 2 unspecified atom stereocenters. The highest BCUT2D eigenvalue weighted by atomic mass is 19.1. The molecule has 5 aliphatic rings. The number of carbonyl (C=O) groups excluding carboxylic acids is 3. The zero-order valence-electron chi connectivity index (χ0n) is 38.6. The molecule has 0 aromatic carbocycles. The smallest absolute Gasteiger partial charge is 0.311 e. The molecule has 0 aromatic rings. The molecule has 61 heavy (non-hydrogen) atoms. The molecule has 18 atom stereocenters. The average Bonchev–Trinajstić information content (AvgIpc) is 3.45. The van der Waals surface area contributed by atoms with Crippen LogP contribution in [0.15, 0.2) is 23.8 Å². The lowest BCUT2D eigenvalue weighted by atomic mass is 9.45. The maximum Gasteiger partial charge on any atom is 0.311 e. The summed E-state index contributed by atoms with van der Waals surface area (Å²) in [4.78, 5) is 41.4. The molecule has 1 aliphatic heterocycles. The van der Waals surface area contributed by atoms with Crippen LogP contribution < -0.4 is 5.32 Å². The minimum absolute atomic E-state index is 0.0155. The van der Waals surface area contributed by atoms with Gasteiger partial charge in [-0.25, -0.2) is 4.39 Å². The van der Waals surface area contributed by atoms with E-state index in [1.165, 1.54) is 26.8 Å². The zero-order chi connectivity index (χ0) is 45.6. The van der Waals surface area contributed by atoms with E-state index in [4.69, 9.17) is 4.74 Å². The number of aliphatic hydroxyl groups excluding tert-OH is 4. The molecule has 0 aromatic heterocycles. The number of amides is 1. The van der Waals surface area contributed by atoms with Gasteiger partial charge in [-0.05, 0) is 128 Å². The lowest BCUT2D eigenvalue weighted by molar-refractivity contribution is -0.195. The number of hydrogen-bond acceptors (Lipinski definition) is 11. The molecular formula is C48H79FN2O10. The number of ketones is 1. The molecule has 4 aliphatic carbocycles. The van der Waals surface area contributed by atoms with Crippen LogP contribution >= 0.6 is 0 Å². The number of ether oxygens (including phenoxy) is 1. The van der Waals surface area contributed by atoms with Crippen molar-refractivity contribution in [1.82, 2.24) is 10.2 Å². The van der Waals surface area contributed by atoms with Gasteiger partial charge in [0.25, 0.3) is 0 Å². The van der Waals surface area contributed by atoms with E-state index >= 15 is 4.39 Å². The van der Waals surface area contributed by atoms with Crippen LogP contribution in [0.2, 0.25) is 0 Å². The fraction of sp³-hybridized carbons (Fsp3) is 0.854. The van der Waals surface area contributed by atoms with Crippen LogP contribution in [0.4, 0.5) is 4.39 Å². The quantitative estimate of drug-likeness (QED) is 0.124. The number of allylic oxidation sites excluding steroid dienone is 4. The molecule has 1 heterocycles. The fourth-order valence-electron chi connectivity index (χ4n) is 13.1. The maximum atomic E-state index is 17.5. The summed E-state index contributed by atoms with van der Waals surface area (Å²) in [5.41, 5.74) is -6.22. The van der Waals surface area contributed by atoms with Crippen LogP contribution in [0.5, 0.6) is 0 Å².